The Labute approximate surface area is 242 Å². The number of thioether (sulfide) groups is 1. The van der Waals surface area contributed by atoms with Gasteiger partial charge in [0.1, 0.15) is 5.75 Å². The van der Waals surface area contributed by atoms with E-state index in [1.54, 1.807) is 36.4 Å². The van der Waals surface area contributed by atoms with Crippen molar-refractivity contribution in [3.8, 4) is 11.4 Å². The maximum Gasteiger partial charge on any atom is 0.416 e. The van der Waals surface area contributed by atoms with Crippen molar-refractivity contribution in [2.45, 2.75) is 17.9 Å². The maximum absolute atomic E-state index is 13.5. The molecule has 0 aliphatic heterocycles. The van der Waals surface area contributed by atoms with E-state index >= 15 is 0 Å². The topological polar surface area (TPSA) is 98.1 Å². The Hall–Kier alpha value is -4.84. The lowest BCUT2D eigenvalue weighted by atomic mass is 10.0. The number of nitrogens with one attached hydrogen (secondary N) is 2. The number of methoxy groups -OCH3 is 1. The van der Waals surface area contributed by atoms with E-state index in [0.29, 0.717) is 17.0 Å². The van der Waals surface area contributed by atoms with E-state index < -0.39 is 11.7 Å². The lowest BCUT2D eigenvalue weighted by Crippen LogP contribution is -2.25. The second-order valence-corrected chi connectivity index (χ2v) is 10.00. The zero-order chi connectivity index (χ0) is 29.7. The van der Waals surface area contributed by atoms with Gasteiger partial charge in [-0.05, 0) is 59.3 Å². The minimum Gasteiger partial charge on any atom is -0.497 e. The summed E-state index contributed by atoms with van der Waals surface area (Å²) in [7, 11) is 1.54. The number of halogens is 3. The Bertz CT molecular complexity index is 1730. The number of carbonyl (C=O) groups is 2. The molecule has 0 aliphatic carbocycles. The monoisotopic (exact) mass is 591 g/mol. The number of aromatic nitrogens is 3. The maximum atomic E-state index is 13.5. The van der Waals surface area contributed by atoms with Gasteiger partial charge >= 0.3 is 6.18 Å². The molecular formula is C30H24F3N5O3S. The molecule has 1 aromatic heterocycles. The van der Waals surface area contributed by atoms with Crippen LogP contribution in [0.4, 0.5) is 18.9 Å². The standard InChI is InChI=1S/C30H24F3N5O3S/c1-41-23-14-12-21(13-15-23)35-27(39)18-42-29-37-36-26(38(29)22-9-5-8-20(16-22)30(31,32)33)17-34-28(40)25-11-4-7-19-6-2-3-10-24(19)25/h2-16H,17-18H2,1H3,(H,34,40)(H,35,39). The van der Waals surface area contributed by atoms with Crippen molar-refractivity contribution in [3.63, 3.8) is 0 Å². The van der Waals surface area contributed by atoms with E-state index in [4.69, 9.17) is 4.74 Å². The number of alkyl halides is 3. The smallest absolute Gasteiger partial charge is 0.416 e. The van der Waals surface area contributed by atoms with Crippen LogP contribution < -0.4 is 15.4 Å². The van der Waals surface area contributed by atoms with Gasteiger partial charge in [0.05, 0.1) is 30.7 Å². The molecule has 0 saturated heterocycles. The molecule has 5 aromatic rings. The first-order valence-electron chi connectivity index (χ1n) is 12.7. The third-order valence-corrected chi connectivity index (χ3v) is 7.21. The van der Waals surface area contributed by atoms with Gasteiger partial charge in [-0.2, -0.15) is 13.2 Å². The van der Waals surface area contributed by atoms with Crippen LogP contribution in [0.25, 0.3) is 16.5 Å². The van der Waals surface area contributed by atoms with Crippen molar-refractivity contribution in [2.24, 2.45) is 0 Å². The molecule has 4 aromatic carbocycles. The Morgan fingerprint density at radius 2 is 1.67 bits per heavy atom. The highest BCUT2D eigenvalue weighted by atomic mass is 32.2. The lowest BCUT2D eigenvalue weighted by Gasteiger charge is -2.14. The average molecular weight is 592 g/mol. The minimum absolute atomic E-state index is 0.0918. The molecule has 0 spiro atoms. The molecule has 214 valence electrons. The van der Waals surface area contributed by atoms with Gasteiger partial charge in [0.25, 0.3) is 5.91 Å². The molecule has 12 heteroatoms. The molecule has 0 unspecified atom stereocenters. The summed E-state index contributed by atoms with van der Waals surface area (Å²) >= 11 is 1.00. The first-order valence-corrected chi connectivity index (χ1v) is 13.7. The molecule has 0 saturated carbocycles. The second-order valence-electron chi connectivity index (χ2n) is 9.06. The molecule has 2 N–H and O–H groups in total. The van der Waals surface area contributed by atoms with Crippen molar-refractivity contribution in [1.82, 2.24) is 20.1 Å². The molecule has 2 amide bonds. The number of ether oxygens (including phenoxy) is 1. The number of amides is 2. The molecule has 0 radical (unpaired) electrons. The van der Waals surface area contributed by atoms with Gasteiger partial charge in [0.15, 0.2) is 11.0 Å². The van der Waals surface area contributed by atoms with Gasteiger partial charge in [-0.15, -0.1) is 10.2 Å². The summed E-state index contributed by atoms with van der Waals surface area (Å²) in [6, 6.07) is 24.3. The van der Waals surface area contributed by atoms with Crippen molar-refractivity contribution in [3.05, 3.63) is 108 Å². The van der Waals surface area contributed by atoms with E-state index in [1.807, 2.05) is 30.3 Å². The number of carbonyl (C=O) groups excluding carboxylic acids is 2. The van der Waals surface area contributed by atoms with E-state index in [-0.39, 0.29) is 40.8 Å². The zero-order valence-corrected chi connectivity index (χ0v) is 23.0. The largest absolute Gasteiger partial charge is 0.497 e. The van der Waals surface area contributed by atoms with E-state index in [1.165, 1.54) is 23.8 Å². The molecule has 1 heterocycles. The quantitative estimate of drug-likeness (QED) is 0.201. The minimum atomic E-state index is -4.57. The first kappa shape index (κ1) is 28.7. The summed E-state index contributed by atoms with van der Waals surface area (Å²) in [6.07, 6.45) is -4.57. The molecule has 0 aliphatic rings. The highest BCUT2D eigenvalue weighted by molar-refractivity contribution is 7.99. The van der Waals surface area contributed by atoms with Gasteiger partial charge in [-0.3, -0.25) is 14.2 Å². The molecule has 0 bridgehead atoms. The third kappa shape index (κ3) is 6.55. The summed E-state index contributed by atoms with van der Waals surface area (Å²) in [6.45, 7) is -0.121. The van der Waals surface area contributed by atoms with Gasteiger partial charge in [-0.25, -0.2) is 0 Å². The Morgan fingerprint density at radius 1 is 0.929 bits per heavy atom. The van der Waals surface area contributed by atoms with E-state index in [0.717, 1.165) is 34.7 Å². The number of hydrogen-bond donors (Lipinski definition) is 2. The van der Waals surface area contributed by atoms with Crippen LogP contribution in [-0.2, 0) is 17.5 Å². The Kier molecular flexibility index (Phi) is 8.43. The molecule has 0 atom stereocenters. The summed E-state index contributed by atoms with van der Waals surface area (Å²) in [5.41, 5.74) is 0.288. The predicted octanol–water partition coefficient (Wildman–Crippen LogP) is 6.11. The predicted molar refractivity (Wildman–Crippen MR) is 154 cm³/mol. The fourth-order valence-electron chi connectivity index (χ4n) is 4.27. The molecular weight excluding hydrogens is 567 g/mol. The Balaban J connectivity index is 1.38. The molecule has 8 nitrogen and oxygen atoms in total. The fourth-order valence-corrected chi connectivity index (χ4v) is 5.04. The number of nitrogens with zero attached hydrogens (tertiary/aromatic N) is 3. The van der Waals surface area contributed by atoms with Crippen molar-refractivity contribution < 1.29 is 27.5 Å². The van der Waals surface area contributed by atoms with Crippen LogP contribution in [0.3, 0.4) is 0 Å². The van der Waals surface area contributed by atoms with Crippen LogP contribution in [0.5, 0.6) is 5.75 Å². The average Bonchev–Trinajstić information content (AvgIpc) is 3.41. The van der Waals surface area contributed by atoms with Crippen LogP contribution in [0.1, 0.15) is 21.7 Å². The molecule has 42 heavy (non-hydrogen) atoms. The van der Waals surface area contributed by atoms with E-state index in [9.17, 15) is 22.8 Å². The summed E-state index contributed by atoms with van der Waals surface area (Å²) in [5, 5.41) is 15.7. The van der Waals surface area contributed by atoms with Crippen molar-refractivity contribution >= 4 is 40.0 Å². The van der Waals surface area contributed by atoms with Crippen molar-refractivity contribution in [2.75, 3.05) is 18.2 Å². The lowest BCUT2D eigenvalue weighted by molar-refractivity contribution is -0.137. The number of rotatable bonds is 9. The third-order valence-electron chi connectivity index (χ3n) is 6.28. The summed E-state index contributed by atoms with van der Waals surface area (Å²) in [5.74, 6) is 0.0107. The van der Waals surface area contributed by atoms with Crippen LogP contribution in [0.2, 0.25) is 0 Å². The van der Waals surface area contributed by atoms with Crippen LogP contribution >= 0.6 is 11.8 Å². The Morgan fingerprint density at radius 3 is 2.43 bits per heavy atom. The van der Waals surface area contributed by atoms with Crippen LogP contribution in [0, 0.1) is 0 Å². The first-order chi connectivity index (χ1) is 20.2. The SMILES string of the molecule is COc1ccc(NC(=O)CSc2nnc(CNC(=O)c3cccc4ccccc34)n2-c2cccc(C(F)(F)F)c2)cc1. The molecule has 5 rings (SSSR count). The summed E-state index contributed by atoms with van der Waals surface area (Å²) < 4.78 is 47.1. The van der Waals surface area contributed by atoms with Gasteiger partial charge in [0, 0.05) is 11.3 Å². The molecule has 0 fully saturated rings. The van der Waals surface area contributed by atoms with Crippen LogP contribution in [0.15, 0.2) is 96.2 Å². The zero-order valence-electron chi connectivity index (χ0n) is 22.2. The van der Waals surface area contributed by atoms with Gasteiger partial charge < -0.3 is 15.4 Å². The van der Waals surface area contributed by atoms with Gasteiger partial charge in [-0.1, -0.05) is 54.2 Å². The van der Waals surface area contributed by atoms with E-state index in [2.05, 4.69) is 20.8 Å². The number of fused-ring (bicyclic) bond motifs is 1. The normalized spacial score (nSPS) is 11.3. The van der Waals surface area contributed by atoms with Gasteiger partial charge in [0.2, 0.25) is 5.91 Å². The highest BCUT2D eigenvalue weighted by Gasteiger charge is 2.31. The number of anilines is 1. The fraction of sp³-hybridized carbons (Fsp3) is 0.133. The highest BCUT2D eigenvalue weighted by Crippen LogP contribution is 2.32. The summed E-state index contributed by atoms with van der Waals surface area (Å²) in [4.78, 5) is 25.8. The van der Waals surface area contributed by atoms with Crippen molar-refractivity contribution in [1.29, 1.82) is 0 Å². The van der Waals surface area contributed by atoms with Crippen LogP contribution in [-0.4, -0.2) is 39.4 Å². The number of benzene rings is 4. The second kappa shape index (κ2) is 12.4. The number of hydrogen-bond acceptors (Lipinski definition) is 6.